The summed E-state index contributed by atoms with van der Waals surface area (Å²) < 4.78 is 10.6. The lowest BCUT2D eigenvalue weighted by atomic mass is 9.94. The number of allylic oxidation sites excluding steroid dienone is 1. The number of carbonyl (C=O) groups is 3. The number of piperidine rings is 1. The van der Waals surface area contributed by atoms with Gasteiger partial charge in [0.25, 0.3) is 0 Å². The molecule has 162 valence electrons. The van der Waals surface area contributed by atoms with Gasteiger partial charge in [-0.05, 0) is 51.8 Å². The Kier molecular flexibility index (Phi) is 6.29. The number of thioether (sulfide) groups is 1. The highest BCUT2D eigenvalue weighted by atomic mass is 32.2. The van der Waals surface area contributed by atoms with E-state index in [-0.39, 0.29) is 6.09 Å². The average Bonchev–Trinajstić information content (AvgIpc) is 2.68. The van der Waals surface area contributed by atoms with Crippen LogP contribution in [0.1, 0.15) is 49.5 Å². The maximum atomic E-state index is 12.2. The van der Waals surface area contributed by atoms with Gasteiger partial charge in [-0.15, -0.1) is 11.8 Å². The second-order valence-electron chi connectivity index (χ2n) is 8.59. The molecule has 0 saturated carbocycles. The second kappa shape index (κ2) is 8.43. The Balaban J connectivity index is 1.66. The number of nitrogens with zero attached hydrogens (tertiary/aromatic N) is 1. The van der Waals surface area contributed by atoms with Crippen molar-refractivity contribution < 1.29 is 29.0 Å². The van der Waals surface area contributed by atoms with E-state index in [1.54, 1.807) is 23.1 Å². The molecule has 7 nitrogen and oxygen atoms in total. The van der Waals surface area contributed by atoms with Crippen LogP contribution in [-0.4, -0.2) is 64.8 Å². The summed E-state index contributed by atoms with van der Waals surface area (Å²) in [5.41, 5.74) is -0.559. The number of likely N-dealkylation sites (tertiary alicyclic amines) is 1. The number of rotatable bonds is 4. The predicted molar refractivity (Wildman–Crippen MR) is 115 cm³/mol. The first-order chi connectivity index (χ1) is 14.0. The number of carbonyl (C=O) groups excluding carboxylic acids is 3. The van der Waals surface area contributed by atoms with Crippen LogP contribution in [0.4, 0.5) is 4.79 Å². The van der Waals surface area contributed by atoms with E-state index in [2.05, 4.69) is 0 Å². The zero-order chi connectivity index (χ0) is 22.1. The van der Waals surface area contributed by atoms with Crippen LogP contribution >= 0.6 is 11.8 Å². The van der Waals surface area contributed by atoms with Crippen LogP contribution in [0.5, 0.6) is 5.75 Å². The molecule has 1 aliphatic heterocycles. The van der Waals surface area contributed by atoms with Crippen molar-refractivity contribution in [2.24, 2.45) is 0 Å². The lowest BCUT2D eigenvalue weighted by molar-refractivity contribution is -0.111. The number of ether oxygens (including phenoxy) is 2. The number of Topliss-reactive ketones (excluding diaryl/α,β-unsaturated/α-hetero) is 1. The van der Waals surface area contributed by atoms with E-state index in [1.165, 1.54) is 24.9 Å². The van der Waals surface area contributed by atoms with E-state index in [1.807, 2.05) is 20.8 Å². The van der Waals surface area contributed by atoms with Gasteiger partial charge < -0.3 is 19.5 Å². The molecule has 1 aromatic carbocycles. The molecule has 0 radical (unpaired) electrons. The van der Waals surface area contributed by atoms with Crippen LogP contribution in [-0.2, 0) is 9.53 Å². The van der Waals surface area contributed by atoms with Crippen molar-refractivity contribution >= 4 is 34.3 Å². The predicted octanol–water partition coefficient (Wildman–Crippen LogP) is 3.30. The lowest BCUT2D eigenvalue weighted by Crippen LogP contribution is -2.49. The molecule has 0 aromatic heterocycles. The van der Waals surface area contributed by atoms with Crippen molar-refractivity contribution in [1.82, 2.24) is 4.90 Å². The summed E-state index contributed by atoms with van der Waals surface area (Å²) in [6, 6.07) is 4.97. The topological polar surface area (TPSA) is 93.1 Å². The Morgan fingerprint density at radius 3 is 2.47 bits per heavy atom. The molecule has 0 unspecified atom stereocenters. The third-order valence-corrected chi connectivity index (χ3v) is 6.40. The Morgan fingerprint density at radius 2 is 1.87 bits per heavy atom. The molecule has 1 heterocycles. The summed E-state index contributed by atoms with van der Waals surface area (Å²) in [6.45, 7) is 6.25. The molecule has 2 aliphatic rings. The van der Waals surface area contributed by atoms with Crippen molar-refractivity contribution in [3.05, 3.63) is 35.4 Å². The highest BCUT2D eigenvalue weighted by Gasteiger charge is 2.36. The minimum atomic E-state index is -0.979. The summed E-state index contributed by atoms with van der Waals surface area (Å²) in [5, 5.41) is 11.0. The van der Waals surface area contributed by atoms with Crippen molar-refractivity contribution in [2.75, 3.05) is 26.0 Å². The first kappa shape index (κ1) is 22.4. The van der Waals surface area contributed by atoms with Crippen LogP contribution in [0.25, 0.3) is 4.91 Å². The van der Waals surface area contributed by atoms with Gasteiger partial charge in [-0.25, -0.2) is 4.79 Å². The summed E-state index contributed by atoms with van der Waals surface area (Å²) in [5.74, 6) is -0.172. The van der Waals surface area contributed by atoms with E-state index in [0.29, 0.717) is 53.5 Å². The first-order valence-electron chi connectivity index (χ1n) is 9.83. The van der Waals surface area contributed by atoms with Crippen molar-refractivity contribution in [2.45, 2.75) is 44.8 Å². The molecule has 0 spiro atoms. The van der Waals surface area contributed by atoms with Gasteiger partial charge in [-0.3, -0.25) is 9.59 Å². The van der Waals surface area contributed by atoms with Crippen LogP contribution in [0.2, 0.25) is 0 Å². The third-order valence-electron chi connectivity index (χ3n) is 5.06. The molecule has 3 rings (SSSR count). The molecular weight excluding hydrogens is 406 g/mol. The minimum Gasteiger partial charge on any atom is -0.497 e. The molecule has 0 bridgehead atoms. The molecule has 1 aliphatic carbocycles. The quantitative estimate of drug-likeness (QED) is 0.728. The summed E-state index contributed by atoms with van der Waals surface area (Å²) in [7, 11) is 1.54. The van der Waals surface area contributed by atoms with E-state index >= 15 is 0 Å². The smallest absolute Gasteiger partial charge is 0.410 e. The number of benzene rings is 1. The summed E-state index contributed by atoms with van der Waals surface area (Å²) in [6.07, 6.45) is 1.76. The fourth-order valence-electron chi connectivity index (χ4n) is 3.36. The molecule has 1 aromatic rings. The van der Waals surface area contributed by atoms with Crippen LogP contribution in [0.3, 0.4) is 0 Å². The average molecular weight is 434 g/mol. The van der Waals surface area contributed by atoms with Gasteiger partial charge in [-0.2, -0.15) is 0 Å². The van der Waals surface area contributed by atoms with Gasteiger partial charge in [0, 0.05) is 41.0 Å². The van der Waals surface area contributed by atoms with Crippen LogP contribution < -0.4 is 4.74 Å². The van der Waals surface area contributed by atoms with Gasteiger partial charge in [-0.1, -0.05) is 0 Å². The number of fused-ring (bicyclic) bond motifs is 1. The Hall–Kier alpha value is -2.32. The molecule has 30 heavy (non-hydrogen) atoms. The molecule has 1 fully saturated rings. The van der Waals surface area contributed by atoms with E-state index in [0.717, 1.165) is 0 Å². The number of hydrogen-bond donors (Lipinski definition) is 1. The largest absolute Gasteiger partial charge is 0.497 e. The van der Waals surface area contributed by atoms with E-state index < -0.39 is 22.8 Å². The Bertz CT molecular complexity index is 893. The molecule has 1 saturated heterocycles. The fraction of sp³-hybridized carbons (Fsp3) is 0.500. The highest BCUT2D eigenvalue weighted by molar-refractivity contribution is 8.08. The lowest BCUT2D eigenvalue weighted by Gasteiger charge is -2.38. The summed E-state index contributed by atoms with van der Waals surface area (Å²) >= 11 is 1.34. The monoisotopic (exact) mass is 433 g/mol. The second-order valence-corrected chi connectivity index (χ2v) is 9.61. The van der Waals surface area contributed by atoms with Crippen molar-refractivity contribution in [1.29, 1.82) is 0 Å². The Labute approximate surface area is 180 Å². The van der Waals surface area contributed by atoms with E-state index in [9.17, 15) is 19.5 Å². The van der Waals surface area contributed by atoms with Crippen LogP contribution in [0, 0.1) is 0 Å². The number of methoxy groups -OCH3 is 1. The Morgan fingerprint density at radius 1 is 1.20 bits per heavy atom. The van der Waals surface area contributed by atoms with E-state index in [4.69, 9.17) is 9.47 Å². The molecular formula is C22H27NO6S. The van der Waals surface area contributed by atoms with Crippen LogP contribution in [0.15, 0.2) is 24.3 Å². The molecule has 1 N–H and O–H groups in total. The maximum absolute atomic E-state index is 12.2. The minimum absolute atomic E-state index is 0.345. The number of hydrogen-bond acceptors (Lipinski definition) is 7. The number of aliphatic hydroxyl groups is 1. The third kappa shape index (κ3) is 5.05. The zero-order valence-electron chi connectivity index (χ0n) is 17.7. The van der Waals surface area contributed by atoms with Gasteiger partial charge in [0.2, 0.25) is 11.6 Å². The summed E-state index contributed by atoms with van der Waals surface area (Å²) in [4.78, 5) is 38.7. The first-order valence-corrected chi connectivity index (χ1v) is 10.8. The highest BCUT2D eigenvalue weighted by Crippen LogP contribution is 2.39. The zero-order valence-corrected chi connectivity index (χ0v) is 18.5. The van der Waals surface area contributed by atoms with Crippen molar-refractivity contribution in [3.63, 3.8) is 0 Å². The number of amides is 1. The van der Waals surface area contributed by atoms with Gasteiger partial charge >= 0.3 is 6.09 Å². The SMILES string of the molecule is COc1ccc2c(c1)C(SCC1(O)CCN(C(=O)OC(C)(C)C)CC1)=CC(=O)C2=O. The van der Waals surface area contributed by atoms with Gasteiger partial charge in [0.1, 0.15) is 11.4 Å². The van der Waals surface area contributed by atoms with Gasteiger partial charge in [0.05, 0.1) is 12.7 Å². The molecule has 0 atom stereocenters. The molecule has 8 heteroatoms. The molecule has 1 amide bonds. The maximum Gasteiger partial charge on any atom is 0.410 e. The number of ketones is 2. The fourth-order valence-corrected chi connectivity index (χ4v) is 4.58. The normalized spacial score (nSPS) is 18.6. The van der Waals surface area contributed by atoms with Crippen molar-refractivity contribution in [3.8, 4) is 5.75 Å². The van der Waals surface area contributed by atoms with Gasteiger partial charge in [0.15, 0.2) is 0 Å². The standard InChI is InChI=1S/C22H27NO6S/c1-21(2,3)29-20(26)23-9-7-22(27,8-10-23)13-30-18-12-17(24)19(25)15-6-5-14(28-4)11-16(15)18/h5-6,11-12,27H,7-10,13H2,1-4H3.